The number of nitrogens with one attached hydrogen (secondary N) is 2. The van der Waals surface area contributed by atoms with Gasteiger partial charge >= 0.3 is 6.18 Å². The summed E-state index contributed by atoms with van der Waals surface area (Å²) >= 11 is 0. The Labute approximate surface area is 140 Å². The molecule has 2 N–H and O–H groups in total. The number of H-pyrrole nitrogens is 1. The fraction of sp³-hybridized carbons (Fsp3) is 0.118. The van der Waals surface area contributed by atoms with Gasteiger partial charge in [-0.3, -0.25) is 14.9 Å². The molecule has 0 aliphatic carbocycles. The smallest absolute Gasteiger partial charge is 0.335 e. The zero-order valence-electron chi connectivity index (χ0n) is 12.8. The second-order valence-electron chi connectivity index (χ2n) is 5.23. The number of alkyl halides is 3. The van der Waals surface area contributed by atoms with Crippen LogP contribution in [-0.4, -0.2) is 27.3 Å². The Hall–Kier alpha value is -3.16. The number of rotatable bonds is 4. The van der Waals surface area contributed by atoms with Gasteiger partial charge in [-0.2, -0.15) is 18.3 Å². The van der Waals surface area contributed by atoms with Crippen LogP contribution >= 0.6 is 0 Å². The van der Waals surface area contributed by atoms with Crippen molar-refractivity contribution in [1.82, 2.24) is 20.5 Å². The summed E-state index contributed by atoms with van der Waals surface area (Å²) in [5, 5.41) is 8.43. The van der Waals surface area contributed by atoms with E-state index < -0.39 is 18.1 Å². The predicted octanol–water partition coefficient (Wildman–Crippen LogP) is 3.51. The zero-order valence-corrected chi connectivity index (χ0v) is 12.8. The molecule has 0 bridgehead atoms. The van der Waals surface area contributed by atoms with Gasteiger partial charge in [0.05, 0.1) is 23.1 Å². The van der Waals surface area contributed by atoms with Crippen molar-refractivity contribution in [1.29, 1.82) is 0 Å². The molecule has 0 aliphatic heterocycles. The molecule has 5 nitrogen and oxygen atoms in total. The maximum absolute atomic E-state index is 13.4. The van der Waals surface area contributed by atoms with E-state index >= 15 is 0 Å². The predicted molar refractivity (Wildman–Crippen MR) is 84.5 cm³/mol. The first kappa shape index (κ1) is 16.7. The van der Waals surface area contributed by atoms with E-state index in [1.807, 2.05) is 5.32 Å². The van der Waals surface area contributed by atoms with Gasteiger partial charge in [-0.15, -0.1) is 0 Å². The maximum atomic E-state index is 13.4. The average Bonchev–Trinajstić information content (AvgIpc) is 3.10. The number of carbonyl (C=O) groups is 1. The normalized spacial score (nSPS) is 12.6. The van der Waals surface area contributed by atoms with Gasteiger partial charge in [0.25, 0.3) is 5.91 Å². The lowest BCUT2D eigenvalue weighted by Gasteiger charge is -2.21. The highest BCUT2D eigenvalue weighted by molar-refractivity contribution is 5.99. The molecular formula is C17H13F3N4O. The highest BCUT2D eigenvalue weighted by Crippen LogP contribution is 2.32. The van der Waals surface area contributed by atoms with Crippen LogP contribution in [0.4, 0.5) is 13.2 Å². The number of aromatic amines is 1. The SMILES string of the molecule is O=C(N[C@@H](c1ccccn1)C(F)(F)F)c1cn[nH]c1-c1ccccc1. The van der Waals surface area contributed by atoms with E-state index in [2.05, 4.69) is 15.2 Å². The fourth-order valence-electron chi connectivity index (χ4n) is 2.36. The minimum absolute atomic E-state index is 0.0244. The molecular weight excluding hydrogens is 333 g/mol. The second kappa shape index (κ2) is 6.76. The molecule has 25 heavy (non-hydrogen) atoms. The second-order valence-corrected chi connectivity index (χ2v) is 5.23. The van der Waals surface area contributed by atoms with Gasteiger partial charge in [-0.1, -0.05) is 36.4 Å². The topological polar surface area (TPSA) is 70.7 Å². The molecule has 1 atom stereocenters. The van der Waals surface area contributed by atoms with E-state index in [0.29, 0.717) is 11.3 Å². The van der Waals surface area contributed by atoms with Crippen LogP contribution in [0.2, 0.25) is 0 Å². The van der Waals surface area contributed by atoms with Crippen LogP contribution in [0.25, 0.3) is 11.3 Å². The number of pyridine rings is 1. The van der Waals surface area contributed by atoms with Gasteiger partial charge in [-0.25, -0.2) is 0 Å². The molecule has 0 radical (unpaired) electrons. The summed E-state index contributed by atoms with van der Waals surface area (Å²) in [4.78, 5) is 16.1. The number of aromatic nitrogens is 3. The largest absolute Gasteiger partial charge is 0.414 e. The van der Waals surface area contributed by atoms with Gasteiger partial charge in [0, 0.05) is 11.8 Å². The lowest BCUT2D eigenvalue weighted by atomic mass is 10.1. The van der Waals surface area contributed by atoms with Crippen LogP contribution in [0.15, 0.2) is 60.9 Å². The van der Waals surface area contributed by atoms with Crippen molar-refractivity contribution in [3.8, 4) is 11.3 Å². The van der Waals surface area contributed by atoms with Crippen LogP contribution in [0.3, 0.4) is 0 Å². The van der Waals surface area contributed by atoms with Crippen molar-refractivity contribution in [2.45, 2.75) is 12.2 Å². The Morgan fingerprint density at radius 1 is 1.08 bits per heavy atom. The molecule has 2 heterocycles. The number of benzene rings is 1. The number of amides is 1. The lowest BCUT2D eigenvalue weighted by molar-refractivity contribution is -0.156. The lowest BCUT2D eigenvalue weighted by Crippen LogP contribution is -2.38. The Bertz CT molecular complexity index is 847. The first-order valence-corrected chi connectivity index (χ1v) is 7.34. The Morgan fingerprint density at radius 3 is 2.44 bits per heavy atom. The number of hydrogen-bond acceptors (Lipinski definition) is 3. The Balaban J connectivity index is 1.90. The molecule has 0 saturated heterocycles. The minimum atomic E-state index is -4.68. The van der Waals surface area contributed by atoms with Crippen LogP contribution in [0.5, 0.6) is 0 Å². The number of nitrogens with zero attached hydrogens (tertiary/aromatic N) is 2. The number of halogens is 3. The van der Waals surface area contributed by atoms with Crippen molar-refractivity contribution < 1.29 is 18.0 Å². The first-order chi connectivity index (χ1) is 12.0. The highest BCUT2D eigenvalue weighted by Gasteiger charge is 2.43. The van der Waals surface area contributed by atoms with Crippen LogP contribution in [-0.2, 0) is 0 Å². The van der Waals surface area contributed by atoms with E-state index in [1.54, 1.807) is 30.3 Å². The molecule has 3 aromatic rings. The van der Waals surface area contributed by atoms with Crippen molar-refractivity contribution in [3.63, 3.8) is 0 Å². The van der Waals surface area contributed by atoms with Crippen molar-refractivity contribution in [3.05, 3.63) is 72.2 Å². The highest BCUT2D eigenvalue weighted by atomic mass is 19.4. The Morgan fingerprint density at radius 2 is 1.80 bits per heavy atom. The minimum Gasteiger partial charge on any atom is -0.335 e. The fourth-order valence-corrected chi connectivity index (χ4v) is 2.36. The quantitative estimate of drug-likeness (QED) is 0.759. The molecule has 128 valence electrons. The monoisotopic (exact) mass is 346 g/mol. The number of carbonyl (C=O) groups excluding carboxylic acids is 1. The summed E-state index contributed by atoms with van der Waals surface area (Å²) in [5.74, 6) is -0.888. The van der Waals surface area contributed by atoms with E-state index in [-0.39, 0.29) is 11.3 Å². The Kier molecular flexibility index (Phi) is 4.51. The number of hydrogen-bond donors (Lipinski definition) is 2. The molecule has 1 amide bonds. The van der Waals surface area contributed by atoms with Gasteiger partial charge < -0.3 is 5.32 Å². The maximum Gasteiger partial charge on any atom is 0.414 e. The molecule has 2 aromatic heterocycles. The third-order valence-electron chi connectivity index (χ3n) is 3.53. The van der Waals surface area contributed by atoms with Gasteiger partial charge in [0.15, 0.2) is 6.04 Å². The molecule has 1 aromatic carbocycles. The summed E-state index contributed by atoms with van der Waals surface area (Å²) < 4.78 is 40.1. The zero-order chi connectivity index (χ0) is 17.9. The van der Waals surface area contributed by atoms with Crippen LogP contribution < -0.4 is 5.32 Å². The molecule has 0 saturated carbocycles. The van der Waals surface area contributed by atoms with E-state index in [1.165, 1.54) is 30.6 Å². The summed E-state index contributed by atoms with van der Waals surface area (Å²) in [7, 11) is 0. The van der Waals surface area contributed by atoms with E-state index in [0.717, 1.165) is 0 Å². The molecule has 0 spiro atoms. The molecule has 0 aliphatic rings. The third kappa shape index (κ3) is 3.68. The van der Waals surface area contributed by atoms with Gasteiger partial charge in [-0.05, 0) is 12.1 Å². The standard InChI is InChI=1S/C17H13F3N4O/c18-17(19,20)15(13-8-4-5-9-21-13)23-16(25)12-10-22-24-14(12)11-6-2-1-3-7-11/h1-10,15H,(H,22,24)(H,23,25)/t15-/m0/s1. The van der Waals surface area contributed by atoms with Crippen molar-refractivity contribution >= 4 is 5.91 Å². The first-order valence-electron chi connectivity index (χ1n) is 7.34. The van der Waals surface area contributed by atoms with Gasteiger partial charge in [0.2, 0.25) is 0 Å². The van der Waals surface area contributed by atoms with Crippen LogP contribution in [0, 0.1) is 0 Å². The van der Waals surface area contributed by atoms with E-state index in [4.69, 9.17) is 0 Å². The average molecular weight is 346 g/mol. The van der Waals surface area contributed by atoms with E-state index in [9.17, 15) is 18.0 Å². The van der Waals surface area contributed by atoms with Crippen molar-refractivity contribution in [2.75, 3.05) is 0 Å². The van der Waals surface area contributed by atoms with Gasteiger partial charge in [0.1, 0.15) is 0 Å². The summed E-state index contributed by atoms with van der Waals surface area (Å²) in [5.41, 5.74) is 0.732. The molecule has 0 unspecified atom stereocenters. The molecule has 8 heteroatoms. The molecule has 3 rings (SSSR count). The summed E-state index contributed by atoms with van der Waals surface area (Å²) in [6.07, 6.45) is -2.24. The van der Waals surface area contributed by atoms with Crippen molar-refractivity contribution in [2.24, 2.45) is 0 Å². The molecule has 0 fully saturated rings. The summed E-state index contributed by atoms with van der Waals surface area (Å²) in [6.45, 7) is 0. The third-order valence-corrected chi connectivity index (χ3v) is 3.53. The van der Waals surface area contributed by atoms with Crippen LogP contribution in [0.1, 0.15) is 22.1 Å². The summed E-state index contributed by atoms with van der Waals surface area (Å²) in [6, 6.07) is 10.7.